The van der Waals surface area contributed by atoms with Crippen LogP contribution in [0.3, 0.4) is 0 Å². The van der Waals surface area contributed by atoms with Gasteiger partial charge in [-0.25, -0.2) is 0 Å². The minimum Gasteiger partial charge on any atom is -0.348 e. The van der Waals surface area contributed by atoms with Crippen LogP contribution in [0.5, 0.6) is 0 Å². The van der Waals surface area contributed by atoms with Crippen molar-refractivity contribution in [3.05, 3.63) is 22.4 Å². The molecular formula is C10H16N2OS. The van der Waals surface area contributed by atoms with Gasteiger partial charge < -0.3 is 10.6 Å². The lowest BCUT2D eigenvalue weighted by atomic mass is 10.1. The molecule has 1 aromatic heterocycles. The van der Waals surface area contributed by atoms with Crippen molar-refractivity contribution in [3.63, 3.8) is 0 Å². The molecule has 2 unspecified atom stereocenters. The smallest absolute Gasteiger partial charge is 0.237 e. The van der Waals surface area contributed by atoms with E-state index in [-0.39, 0.29) is 18.0 Å². The van der Waals surface area contributed by atoms with Gasteiger partial charge in [0.25, 0.3) is 0 Å². The van der Waals surface area contributed by atoms with E-state index in [0.717, 1.165) is 5.56 Å². The van der Waals surface area contributed by atoms with Crippen LogP contribution in [0.2, 0.25) is 0 Å². The SMILES string of the molecule is CNC(C)C(=O)NC(C)c1ccsc1. The second-order valence-electron chi connectivity index (χ2n) is 3.30. The van der Waals surface area contributed by atoms with E-state index in [4.69, 9.17) is 0 Å². The first-order chi connectivity index (χ1) is 6.65. The van der Waals surface area contributed by atoms with Gasteiger partial charge in [-0.2, -0.15) is 11.3 Å². The molecule has 0 spiro atoms. The van der Waals surface area contributed by atoms with Gasteiger partial charge >= 0.3 is 0 Å². The molecule has 0 aliphatic carbocycles. The van der Waals surface area contributed by atoms with Crippen molar-refractivity contribution >= 4 is 17.2 Å². The Kier molecular flexibility index (Phi) is 4.10. The first-order valence-electron chi connectivity index (χ1n) is 4.65. The van der Waals surface area contributed by atoms with Crippen molar-refractivity contribution in [2.24, 2.45) is 0 Å². The second kappa shape index (κ2) is 5.12. The third kappa shape index (κ3) is 2.82. The van der Waals surface area contributed by atoms with Crippen molar-refractivity contribution in [2.45, 2.75) is 25.9 Å². The number of thiophene rings is 1. The van der Waals surface area contributed by atoms with Crippen molar-refractivity contribution < 1.29 is 4.79 Å². The first kappa shape index (κ1) is 11.2. The molecular weight excluding hydrogens is 196 g/mol. The van der Waals surface area contributed by atoms with Crippen LogP contribution < -0.4 is 10.6 Å². The molecule has 0 fully saturated rings. The van der Waals surface area contributed by atoms with Crippen LogP contribution in [0, 0.1) is 0 Å². The van der Waals surface area contributed by atoms with Gasteiger partial charge in [0.05, 0.1) is 12.1 Å². The van der Waals surface area contributed by atoms with Gasteiger partial charge in [-0.1, -0.05) is 0 Å². The highest BCUT2D eigenvalue weighted by Gasteiger charge is 2.14. The van der Waals surface area contributed by atoms with Gasteiger partial charge in [0.15, 0.2) is 0 Å². The number of rotatable bonds is 4. The zero-order valence-corrected chi connectivity index (χ0v) is 9.52. The van der Waals surface area contributed by atoms with E-state index in [1.807, 2.05) is 25.3 Å². The maximum atomic E-state index is 11.5. The van der Waals surface area contributed by atoms with Crippen molar-refractivity contribution in [1.82, 2.24) is 10.6 Å². The zero-order valence-electron chi connectivity index (χ0n) is 8.70. The fourth-order valence-corrected chi connectivity index (χ4v) is 1.83. The lowest BCUT2D eigenvalue weighted by Crippen LogP contribution is -2.41. The van der Waals surface area contributed by atoms with Crippen LogP contribution >= 0.6 is 11.3 Å². The first-order valence-corrected chi connectivity index (χ1v) is 5.59. The highest BCUT2D eigenvalue weighted by Crippen LogP contribution is 2.15. The van der Waals surface area contributed by atoms with E-state index < -0.39 is 0 Å². The summed E-state index contributed by atoms with van der Waals surface area (Å²) in [4.78, 5) is 11.5. The summed E-state index contributed by atoms with van der Waals surface area (Å²) in [6.45, 7) is 3.83. The standard InChI is InChI=1S/C10H16N2OS/c1-7(9-4-5-14-6-9)12-10(13)8(2)11-3/h4-8,11H,1-3H3,(H,12,13). The highest BCUT2D eigenvalue weighted by molar-refractivity contribution is 7.07. The molecule has 1 aromatic rings. The molecule has 2 atom stereocenters. The number of likely N-dealkylation sites (N-methyl/N-ethyl adjacent to an activating group) is 1. The molecule has 2 N–H and O–H groups in total. The Morgan fingerprint density at radius 1 is 1.50 bits per heavy atom. The number of hydrogen-bond acceptors (Lipinski definition) is 3. The quantitative estimate of drug-likeness (QED) is 0.794. The lowest BCUT2D eigenvalue weighted by Gasteiger charge is -2.16. The normalized spacial score (nSPS) is 14.8. The van der Waals surface area contributed by atoms with Gasteiger partial charge in [-0.3, -0.25) is 4.79 Å². The summed E-state index contributed by atoms with van der Waals surface area (Å²) < 4.78 is 0. The van der Waals surface area contributed by atoms with Gasteiger partial charge in [0.1, 0.15) is 0 Å². The Morgan fingerprint density at radius 3 is 2.71 bits per heavy atom. The molecule has 1 rings (SSSR count). The molecule has 78 valence electrons. The number of carbonyl (C=O) groups excluding carboxylic acids is 1. The van der Waals surface area contributed by atoms with Crippen LogP contribution in [0.15, 0.2) is 16.8 Å². The van der Waals surface area contributed by atoms with Crippen LogP contribution in [0.25, 0.3) is 0 Å². The Labute approximate surface area is 88.5 Å². The van der Waals surface area contributed by atoms with Crippen LogP contribution in [-0.4, -0.2) is 19.0 Å². The third-order valence-electron chi connectivity index (χ3n) is 2.23. The molecule has 4 heteroatoms. The molecule has 1 heterocycles. The lowest BCUT2D eigenvalue weighted by molar-refractivity contribution is -0.123. The van der Waals surface area contributed by atoms with Crippen LogP contribution in [0.4, 0.5) is 0 Å². The molecule has 0 saturated carbocycles. The second-order valence-corrected chi connectivity index (χ2v) is 4.08. The van der Waals surface area contributed by atoms with Crippen molar-refractivity contribution in [3.8, 4) is 0 Å². The largest absolute Gasteiger partial charge is 0.348 e. The Morgan fingerprint density at radius 2 is 2.21 bits per heavy atom. The van der Waals surface area contributed by atoms with Crippen molar-refractivity contribution in [2.75, 3.05) is 7.05 Å². The average Bonchev–Trinajstić information content (AvgIpc) is 2.69. The van der Waals surface area contributed by atoms with Crippen LogP contribution in [0.1, 0.15) is 25.5 Å². The van der Waals surface area contributed by atoms with E-state index >= 15 is 0 Å². The molecule has 3 nitrogen and oxygen atoms in total. The maximum Gasteiger partial charge on any atom is 0.237 e. The molecule has 0 radical (unpaired) electrons. The van der Waals surface area contributed by atoms with Gasteiger partial charge in [-0.15, -0.1) is 0 Å². The summed E-state index contributed by atoms with van der Waals surface area (Å²) in [5.74, 6) is 0.0335. The zero-order chi connectivity index (χ0) is 10.6. The summed E-state index contributed by atoms with van der Waals surface area (Å²) >= 11 is 1.64. The van der Waals surface area contributed by atoms with E-state index in [2.05, 4.69) is 16.0 Å². The Hall–Kier alpha value is -0.870. The van der Waals surface area contributed by atoms with Crippen molar-refractivity contribution in [1.29, 1.82) is 0 Å². The number of carbonyl (C=O) groups is 1. The predicted molar refractivity (Wildman–Crippen MR) is 59.4 cm³/mol. The molecule has 0 aromatic carbocycles. The fourth-order valence-electron chi connectivity index (χ4n) is 1.07. The number of nitrogens with one attached hydrogen (secondary N) is 2. The van der Waals surface area contributed by atoms with E-state index in [1.165, 1.54) is 0 Å². The molecule has 14 heavy (non-hydrogen) atoms. The summed E-state index contributed by atoms with van der Waals surface area (Å²) in [7, 11) is 1.78. The summed E-state index contributed by atoms with van der Waals surface area (Å²) in [6.07, 6.45) is 0. The monoisotopic (exact) mass is 212 g/mol. The maximum absolute atomic E-state index is 11.5. The average molecular weight is 212 g/mol. The number of amides is 1. The molecule has 0 bridgehead atoms. The fraction of sp³-hybridized carbons (Fsp3) is 0.500. The summed E-state index contributed by atoms with van der Waals surface area (Å²) in [5.41, 5.74) is 1.16. The molecule has 0 aliphatic heterocycles. The highest BCUT2D eigenvalue weighted by atomic mass is 32.1. The van der Waals surface area contributed by atoms with E-state index in [0.29, 0.717) is 0 Å². The minimum atomic E-state index is -0.143. The molecule has 0 saturated heterocycles. The van der Waals surface area contributed by atoms with Gasteiger partial charge in [-0.05, 0) is 43.3 Å². The number of hydrogen-bond donors (Lipinski definition) is 2. The summed E-state index contributed by atoms with van der Waals surface area (Å²) in [5, 5.41) is 9.91. The minimum absolute atomic E-state index is 0.0335. The third-order valence-corrected chi connectivity index (χ3v) is 2.93. The molecule has 0 aliphatic rings. The topological polar surface area (TPSA) is 41.1 Å². The molecule has 1 amide bonds. The van der Waals surface area contributed by atoms with Crippen LogP contribution in [-0.2, 0) is 4.79 Å². The van der Waals surface area contributed by atoms with Gasteiger partial charge in [0, 0.05) is 0 Å². The summed E-state index contributed by atoms with van der Waals surface area (Å²) in [6, 6.07) is 1.97. The Bertz CT molecular complexity index is 284. The Balaban J connectivity index is 2.49. The van der Waals surface area contributed by atoms with E-state index in [9.17, 15) is 4.79 Å². The van der Waals surface area contributed by atoms with E-state index in [1.54, 1.807) is 18.4 Å². The predicted octanol–water partition coefficient (Wildman–Crippen LogP) is 1.53. The van der Waals surface area contributed by atoms with Gasteiger partial charge in [0.2, 0.25) is 5.91 Å².